The number of hydrogen-bond donors (Lipinski definition) is 0. The van der Waals surface area contributed by atoms with E-state index in [2.05, 4.69) is 88.2 Å². The van der Waals surface area contributed by atoms with Gasteiger partial charge in [-0.25, -0.2) is 14.8 Å². The number of benzene rings is 1. The van der Waals surface area contributed by atoms with E-state index in [0.717, 1.165) is 43.4 Å². The maximum Gasteiger partial charge on any atom is 0.372 e. The molecule has 37 heavy (non-hydrogen) atoms. The minimum absolute atomic E-state index is 0.0592. The monoisotopic (exact) mass is 509 g/mol. The third kappa shape index (κ3) is 7.23. The van der Waals surface area contributed by atoms with Crippen molar-refractivity contribution in [1.82, 2.24) is 19.9 Å². The van der Waals surface area contributed by atoms with Gasteiger partial charge in [0.15, 0.2) is 0 Å². The average Bonchev–Trinajstić information content (AvgIpc) is 3.23. The van der Waals surface area contributed by atoms with Gasteiger partial charge in [0.1, 0.15) is 0 Å². The summed E-state index contributed by atoms with van der Waals surface area (Å²) in [4.78, 5) is 17.0. The first-order chi connectivity index (χ1) is 17.5. The van der Waals surface area contributed by atoms with E-state index in [9.17, 15) is 10.1 Å². The molecule has 0 radical (unpaired) electrons. The van der Waals surface area contributed by atoms with Crippen LogP contribution in [0.2, 0.25) is 0 Å². The van der Waals surface area contributed by atoms with Gasteiger partial charge in [-0.3, -0.25) is 9.84 Å². The zero-order chi connectivity index (χ0) is 27.9. The molecule has 0 saturated carbocycles. The Labute approximate surface area is 226 Å². The Bertz CT molecular complexity index is 908. The van der Waals surface area contributed by atoms with Gasteiger partial charge in [-0.1, -0.05) is 31.9 Å². The summed E-state index contributed by atoms with van der Waals surface area (Å²) in [5.41, 5.74) is 3.17. The van der Waals surface area contributed by atoms with Gasteiger partial charge in [0.05, 0.1) is 24.3 Å². The Kier molecular flexibility index (Phi) is 11.8. The van der Waals surface area contributed by atoms with Gasteiger partial charge in [-0.15, -0.1) is 0 Å². The maximum atomic E-state index is 12.0. The van der Waals surface area contributed by atoms with Crippen LogP contribution in [0.15, 0.2) is 29.7 Å². The molecule has 1 fully saturated rings. The number of rotatable bonds is 12. The first-order valence-electron chi connectivity index (χ1n) is 13.9. The van der Waals surface area contributed by atoms with Crippen molar-refractivity contribution in [2.75, 3.05) is 20.2 Å². The highest BCUT2D eigenvalue weighted by Crippen LogP contribution is 2.33. The molecule has 204 valence electrons. The fraction of sp³-hybridized carbons (Fsp3) is 0.655. The van der Waals surface area contributed by atoms with E-state index in [-0.39, 0.29) is 13.0 Å². The molecule has 0 aromatic heterocycles. The normalized spacial score (nSPS) is 16.0. The van der Waals surface area contributed by atoms with Crippen LogP contribution in [0.4, 0.5) is 0 Å². The molecule has 0 amide bonds. The van der Waals surface area contributed by atoms with Crippen molar-refractivity contribution in [3.05, 3.63) is 40.9 Å². The number of esters is 1. The van der Waals surface area contributed by atoms with Crippen LogP contribution in [0.3, 0.4) is 0 Å². The van der Waals surface area contributed by atoms with Crippen LogP contribution >= 0.6 is 0 Å². The summed E-state index contributed by atoms with van der Waals surface area (Å²) in [6.45, 7) is 21.9. The Hall–Kier alpha value is -2.18. The Morgan fingerprint density at radius 2 is 1.35 bits per heavy atom. The quantitative estimate of drug-likeness (QED) is 0.205. The van der Waals surface area contributed by atoms with E-state index < -0.39 is 0 Å². The number of allylic oxidation sites excluding steroid dienone is 2. The number of nitriles is 1. The summed E-state index contributed by atoms with van der Waals surface area (Å²) in [5.74, 6) is -0.373. The third-order valence-electron chi connectivity index (χ3n) is 6.97. The SMILES string of the molecule is CCCC/C(B1N(N(C(C)C)C(C)C)CCN1N(C(C)C)C(C)C)=C(/C#N)c1ccc(C(=O)OC)cc1. The lowest BCUT2D eigenvalue weighted by atomic mass is 9.62. The zero-order valence-corrected chi connectivity index (χ0v) is 24.8. The second kappa shape index (κ2) is 14.1. The lowest BCUT2D eigenvalue weighted by Crippen LogP contribution is -2.62. The molecule has 0 N–H and O–H groups in total. The highest BCUT2D eigenvalue weighted by atomic mass is 16.5. The molecule has 0 atom stereocenters. The first kappa shape index (κ1) is 31.0. The molecule has 8 heteroatoms. The van der Waals surface area contributed by atoms with E-state index in [0.29, 0.717) is 35.3 Å². The largest absolute Gasteiger partial charge is 0.465 e. The number of methoxy groups -OCH3 is 1. The van der Waals surface area contributed by atoms with Crippen molar-refractivity contribution in [3.8, 4) is 6.07 Å². The van der Waals surface area contributed by atoms with Gasteiger partial charge in [0.2, 0.25) is 0 Å². The van der Waals surface area contributed by atoms with Gasteiger partial charge in [-0.05, 0) is 85.0 Å². The highest BCUT2D eigenvalue weighted by molar-refractivity contribution is 6.63. The van der Waals surface area contributed by atoms with Crippen LogP contribution in [0.5, 0.6) is 0 Å². The van der Waals surface area contributed by atoms with Gasteiger partial charge in [0, 0.05) is 37.3 Å². The topological polar surface area (TPSA) is 63.0 Å². The molecule has 1 aliphatic heterocycles. The molecule has 1 heterocycles. The van der Waals surface area contributed by atoms with Gasteiger partial charge < -0.3 is 4.74 Å². The van der Waals surface area contributed by atoms with Crippen LogP contribution < -0.4 is 0 Å². The number of ether oxygens (including phenoxy) is 1. The number of hydrazine groups is 2. The number of carbonyl (C=O) groups excluding carboxylic acids is 1. The lowest BCUT2D eigenvalue weighted by molar-refractivity contribution is -0.00989. The summed E-state index contributed by atoms with van der Waals surface area (Å²) in [7, 11) is 1.38. The van der Waals surface area contributed by atoms with Crippen LogP contribution in [-0.2, 0) is 4.74 Å². The number of unbranched alkanes of at least 4 members (excludes halogenated alkanes) is 1. The smallest absolute Gasteiger partial charge is 0.372 e. The fourth-order valence-electron chi connectivity index (χ4n) is 5.79. The molecule has 0 bridgehead atoms. The van der Waals surface area contributed by atoms with Crippen LogP contribution in [-0.4, -0.2) is 77.2 Å². The van der Waals surface area contributed by atoms with E-state index in [1.54, 1.807) is 12.1 Å². The van der Waals surface area contributed by atoms with Crippen LogP contribution in [0.25, 0.3) is 5.57 Å². The first-order valence-corrected chi connectivity index (χ1v) is 13.9. The zero-order valence-electron chi connectivity index (χ0n) is 24.8. The fourth-order valence-corrected chi connectivity index (χ4v) is 5.79. The summed E-state index contributed by atoms with van der Waals surface area (Å²) in [6.07, 6.45) is 2.89. The van der Waals surface area contributed by atoms with Crippen molar-refractivity contribution in [3.63, 3.8) is 0 Å². The number of nitrogens with zero attached hydrogens (tertiary/aromatic N) is 5. The summed E-state index contributed by atoms with van der Waals surface area (Å²) in [6, 6.07) is 11.1. The Morgan fingerprint density at radius 3 is 1.70 bits per heavy atom. The Morgan fingerprint density at radius 1 is 0.919 bits per heavy atom. The molecular weight excluding hydrogens is 461 g/mol. The van der Waals surface area contributed by atoms with Gasteiger partial charge in [0.25, 0.3) is 0 Å². The Balaban J connectivity index is 2.78. The molecule has 0 aliphatic carbocycles. The van der Waals surface area contributed by atoms with Crippen molar-refractivity contribution >= 4 is 18.5 Å². The van der Waals surface area contributed by atoms with E-state index in [1.165, 1.54) is 7.11 Å². The summed E-state index contributed by atoms with van der Waals surface area (Å²) < 4.78 is 4.87. The third-order valence-corrected chi connectivity index (χ3v) is 6.97. The number of hydrogen-bond acceptors (Lipinski definition) is 7. The molecular formula is C29H48BN5O2. The molecule has 1 aliphatic rings. The van der Waals surface area contributed by atoms with E-state index in [1.807, 2.05) is 12.1 Å². The van der Waals surface area contributed by atoms with Crippen LogP contribution in [0, 0.1) is 11.3 Å². The second-order valence-corrected chi connectivity index (χ2v) is 11.0. The van der Waals surface area contributed by atoms with E-state index in [4.69, 9.17) is 4.74 Å². The minimum Gasteiger partial charge on any atom is -0.465 e. The highest BCUT2D eigenvalue weighted by Gasteiger charge is 2.47. The van der Waals surface area contributed by atoms with Gasteiger partial charge >= 0.3 is 13.0 Å². The standard InChI is InChI=1S/C29H48BN5O2/c1-11-12-13-28(27(20-31)25-14-16-26(17-15-25)29(36)37-10)30-32(34(21(2)3)22(4)5)18-19-33(30)35(23(6)7)24(8)9/h14-17,21-24H,11-13,18-19H2,1-10H3/b28-27+. The summed E-state index contributed by atoms with van der Waals surface area (Å²) in [5, 5.41) is 15.5. The molecule has 1 saturated heterocycles. The lowest BCUT2D eigenvalue weighted by Gasteiger charge is -2.46. The van der Waals surface area contributed by atoms with Crippen molar-refractivity contribution in [2.45, 2.75) is 106 Å². The van der Waals surface area contributed by atoms with Crippen molar-refractivity contribution < 1.29 is 9.53 Å². The van der Waals surface area contributed by atoms with E-state index >= 15 is 0 Å². The number of carbonyl (C=O) groups is 1. The predicted octanol–water partition coefficient (Wildman–Crippen LogP) is 5.65. The molecule has 0 unspecified atom stereocenters. The van der Waals surface area contributed by atoms with Crippen LogP contribution in [0.1, 0.15) is 97.5 Å². The summed E-state index contributed by atoms with van der Waals surface area (Å²) >= 11 is 0. The molecule has 1 aromatic rings. The average molecular weight is 510 g/mol. The molecule has 0 spiro atoms. The predicted molar refractivity (Wildman–Crippen MR) is 153 cm³/mol. The second-order valence-electron chi connectivity index (χ2n) is 11.0. The molecule has 7 nitrogen and oxygen atoms in total. The van der Waals surface area contributed by atoms with Gasteiger partial charge in [-0.2, -0.15) is 5.26 Å². The maximum absolute atomic E-state index is 12.0. The van der Waals surface area contributed by atoms with Crippen molar-refractivity contribution in [1.29, 1.82) is 5.26 Å². The minimum atomic E-state index is -0.373. The van der Waals surface area contributed by atoms with Crippen molar-refractivity contribution in [2.24, 2.45) is 0 Å². The molecule has 2 rings (SSSR count). The molecule has 1 aromatic carbocycles.